The standard InChI is InChI=1S/C7H6BrNO4S/c8-6-2-1-5(4-14(12)13)7(3-6)9(10)11/h1-3H,4H2,(H,12,13). The summed E-state index contributed by atoms with van der Waals surface area (Å²) in [6.07, 6.45) is 0. The third-order valence-corrected chi connectivity index (χ3v) is 2.57. The molecule has 5 nitrogen and oxygen atoms in total. The van der Waals surface area contributed by atoms with Crippen molar-refractivity contribution in [1.29, 1.82) is 0 Å². The fraction of sp³-hybridized carbons (Fsp3) is 0.143. The molecule has 0 radical (unpaired) electrons. The minimum absolute atomic E-state index is 0.151. The molecule has 7 heteroatoms. The van der Waals surface area contributed by atoms with Crippen molar-refractivity contribution in [3.63, 3.8) is 0 Å². The van der Waals surface area contributed by atoms with Crippen molar-refractivity contribution in [2.75, 3.05) is 0 Å². The van der Waals surface area contributed by atoms with E-state index >= 15 is 0 Å². The van der Waals surface area contributed by atoms with Crippen LogP contribution in [0.25, 0.3) is 0 Å². The zero-order chi connectivity index (χ0) is 10.7. The first-order valence-corrected chi connectivity index (χ1v) is 5.58. The zero-order valence-electron chi connectivity index (χ0n) is 6.84. The second-order valence-electron chi connectivity index (χ2n) is 2.50. The van der Waals surface area contributed by atoms with E-state index in [1.807, 2.05) is 0 Å². The third-order valence-electron chi connectivity index (χ3n) is 1.52. The van der Waals surface area contributed by atoms with E-state index in [1.165, 1.54) is 12.1 Å². The molecule has 1 aromatic rings. The van der Waals surface area contributed by atoms with E-state index < -0.39 is 16.0 Å². The van der Waals surface area contributed by atoms with E-state index in [2.05, 4.69) is 15.9 Å². The van der Waals surface area contributed by atoms with Crippen LogP contribution in [0.4, 0.5) is 5.69 Å². The summed E-state index contributed by atoms with van der Waals surface area (Å²) in [6, 6.07) is 4.35. The summed E-state index contributed by atoms with van der Waals surface area (Å²) in [5.41, 5.74) is 0.0980. The van der Waals surface area contributed by atoms with E-state index in [4.69, 9.17) is 4.55 Å². The van der Waals surface area contributed by atoms with Crippen molar-refractivity contribution >= 4 is 32.7 Å². The van der Waals surface area contributed by atoms with Gasteiger partial charge in [0, 0.05) is 16.1 Å². The van der Waals surface area contributed by atoms with Crippen molar-refractivity contribution in [2.45, 2.75) is 5.75 Å². The number of hydrogen-bond donors (Lipinski definition) is 1. The van der Waals surface area contributed by atoms with Crippen molar-refractivity contribution in [3.8, 4) is 0 Å². The highest BCUT2D eigenvalue weighted by Gasteiger charge is 2.15. The molecule has 0 aliphatic carbocycles. The van der Waals surface area contributed by atoms with Gasteiger partial charge in [0.25, 0.3) is 5.69 Å². The average molecular weight is 280 g/mol. The third kappa shape index (κ3) is 2.86. The monoisotopic (exact) mass is 279 g/mol. The number of rotatable bonds is 3. The minimum Gasteiger partial charge on any atom is -0.306 e. The SMILES string of the molecule is O=[N+]([O-])c1cc(Br)ccc1CS(=O)O. The van der Waals surface area contributed by atoms with Gasteiger partial charge in [0.05, 0.1) is 10.7 Å². The molecule has 0 saturated heterocycles. The van der Waals surface area contributed by atoms with Crippen LogP contribution < -0.4 is 0 Å². The van der Waals surface area contributed by atoms with E-state index in [0.717, 1.165) is 0 Å². The molecule has 0 aliphatic heterocycles. The van der Waals surface area contributed by atoms with Crippen LogP contribution in [-0.2, 0) is 16.8 Å². The van der Waals surface area contributed by atoms with Gasteiger partial charge in [-0.25, -0.2) is 4.21 Å². The van der Waals surface area contributed by atoms with Gasteiger partial charge in [-0.15, -0.1) is 0 Å². The van der Waals surface area contributed by atoms with Crippen LogP contribution in [-0.4, -0.2) is 13.7 Å². The number of nitro benzene ring substituents is 1. The Morgan fingerprint density at radius 2 is 2.21 bits per heavy atom. The Labute approximate surface area is 90.7 Å². The molecule has 0 heterocycles. The first kappa shape index (κ1) is 11.3. The summed E-state index contributed by atoms with van der Waals surface area (Å²) < 4.78 is 19.7. The molecule has 0 amide bonds. The molecule has 1 N–H and O–H groups in total. The van der Waals surface area contributed by atoms with Crippen LogP contribution in [0.2, 0.25) is 0 Å². The number of nitro groups is 1. The lowest BCUT2D eigenvalue weighted by Crippen LogP contribution is -1.99. The van der Waals surface area contributed by atoms with Gasteiger partial charge in [0.2, 0.25) is 0 Å². The summed E-state index contributed by atoms with van der Waals surface area (Å²) in [4.78, 5) is 9.98. The summed E-state index contributed by atoms with van der Waals surface area (Å²) in [5, 5.41) is 10.6. The molecule has 0 aromatic heterocycles. The van der Waals surface area contributed by atoms with Gasteiger partial charge >= 0.3 is 0 Å². The first-order valence-electron chi connectivity index (χ1n) is 3.51. The van der Waals surface area contributed by atoms with Crippen LogP contribution in [0.3, 0.4) is 0 Å². The van der Waals surface area contributed by atoms with Crippen molar-refractivity contribution in [1.82, 2.24) is 0 Å². The van der Waals surface area contributed by atoms with Crippen LogP contribution >= 0.6 is 15.9 Å². The Kier molecular flexibility index (Phi) is 3.73. The number of benzene rings is 1. The molecule has 1 rings (SSSR count). The van der Waals surface area contributed by atoms with Gasteiger partial charge < -0.3 is 4.55 Å². The van der Waals surface area contributed by atoms with Crippen molar-refractivity contribution < 1.29 is 13.7 Å². The molecule has 1 atom stereocenters. The largest absolute Gasteiger partial charge is 0.306 e. The van der Waals surface area contributed by atoms with Crippen LogP contribution in [0.1, 0.15) is 5.56 Å². The Hall–Kier alpha value is -0.790. The Morgan fingerprint density at radius 1 is 1.57 bits per heavy atom. The van der Waals surface area contributed by atoms with Gasteiger partial charge in [-0.3, -0.25) is 10.1 Å². The van der Waals surface area contributed by atoms with Gasteiger partial charge in [0.15, 0.2) is 11.1 Å². The van der Waals surface area contributed by atoms with E-state index in [9.17, 15) is 14.3 Å². The fourth-order valence-corrected chi connectivity index (χ4v) is 1.82. The van der Waals surface area contributed by atoms with Crippen molar-refractivity contribution in [2.24, 2.45) is 0 Å². The predicted molar refractivity (Wildman–Crippen MR) is 55.3 cm³/mol. The summed E-state index contributed by atoms with van der Waals surface area (Å²) in [5.74, 6) is -0.233. The van der Waals surface area contributed by atoms with Crippen LogP contribution in [0, 0.1) is 10.1 Å². The Morgan fingerprint density at radius 3 is 2.71 bits per heavy atom. The lowest BCUT2D eigenvalue weighted by Gasteiger charge is -2.00. The second kappa shape index (κ2) is 4.63. The maximum atomic E-state index is 10.6. The molecule has 0 saturated carbocycles. The molecule has 0 aliphatic rings. The molecular formula is C7H6BrNO4S. The molecule has 0 spiro atoms. The lowest BCUT2D eigenvalue weighted by molar-refractivity contribution is -0.385. The molecular weight excluding hydrogens is 274 g/mol. The van der Waals surface area contributed by atoms with Gasteiger partial charge in [-0.05, 0) is 6.07 Å². The van der Waals surface area contributed by atoms with Crippen LogP contribution in [0.5, 0.6) is 0 Å². The number of hydrogen-bond acceptors (Lipinski definition) is 3. The average Bonchev–Trinajstić information content (AvgIpc) is 2.07. The molecule has 0 fully saturated rings. The van der Waals surface area contributed by atoms with Crippen molar-refractivity contribution in [3.05, 3.63) is 38.3 Å². The lowest BCUT2D eigenvalue weighted by atomic mass is 10.2. The predicted octanol–water partition coefficient (Wildman–Crippen LogP) is 2.08. The smallest absolute Gasteiger partial charge is 0.274 e. The molecule has 76 valence electrons. The van der Waals surface area contributed by atoms with Crippen LogP contribution in [0.15, 0.2) is 22.7 Å². The minimum atomic E-state index is -2.07. The second-order valence-corrected chi connectivity index (χ2v) is 4.34. The Balaban J connectivity index is 3.14. The number of halogens is 1. The maximum Gasteiger partial charge on any atom is 0.274 e. The number of nitrogens with zero attached hydrogens (tertiary/aromatic N) is 1. The fourth-order valence-electron chi connectivity index (χ4n) is 0.962. The highest BCUT2D eigenvalue weighted by Crippen LogP contribution is 2.24. The van der Waals surface area contributed by atoms with E-state index in [1.54, 1.807) is 6.07 Å². The zero-order valence-corrected chi connectivity index (χ0v) is 9.25. The molecule has 1 unspecified atom stereocenters. The topological polar surface area (TPSA) is 80.4 Å². The quantitative estimate of drug-likeness (QED) is 0.522. The molecule has 0 bridgehead atoms. The van der Waals surface area contributed by atoms with Gasteiger partial charge in [-0.1, -0.05) is 22.0 Å². The Bertz CT molecular complexity index is 395. The molecule has 1 aromatic carbocycles. The highest BCUT2D eigenvalue weighted by molar-refractivity contribution is 9.10. The normalized spacial score (nSPS) is 12.4. The van der Waals surface area contributed by atoms with Gasteiger partial charge in [0.1, 0.15) is 0 Å². The van der Waals surface area contributed by atoms with E-state index in [-0.39, 0.29) is 17.0 Å². The highest BCUT2D eigenvalue weighted by atomic mass is 79.9. The molecule has 14 heavy (non-hydrogen) atoms. The maximum absolute atomic E-state index is 10.6. The summed E-state index contributed by atoms with van der Waals surface area (Å²) in [6.45, 7) is 0. The van der Waals surface area contributed by atoms with Gasteiger partial charge in [-0.2, -0.15) is 0 Å². The van der Waals surface area contributed by atoms with E-state index in [0.29, 0.717) is 4.47 Å². The first-order chi connectivity index (χ1) is 6.50. The summed E-state index contributed by atoms with van der Waals surface area (Å²) >= 11 is 1.02. The summed E-state index contributed by atoms with van der Waals surface area (Å²) in [7, 11) is 0.